The molecule has 0 unspecified atom stereocenters. The predicted molar refractivity (Wildman–Crippen MR) is 76.0 cm³/mol. The summed E-state index contributed by atoms with van der Waals surface area (Å²) in [7, 11) is -3.54. The summed E-state index contributed by atoms with van der Waals surface area (Å²) in [6.07, 6.45) is 3.38. The van der Waals surface area contributed by atoms with Crippen LogP contribution in [0.2, 0.25) is 0 Å². The average Bonchev–Trinajstić information content (AvgIpc) is 2.59. The van der Waals surface area contributed by atoms with E-state index in [1.165, 1.54) is 0 Å². The Kier molecular flexibility index (Phi) is 4.22. The molecule has 0 bridgehead atoms. The fraction of sp³-hybridized carbons (Fsp3) is 0.769. The molecule has 0 aliphatic heterocycles. The van der Waals surface area contributed by atoms with E-state index in [9.17, 15) is 8.42 Å². The molecule has 114 valence electrons. The minimum Gasteiger partial charge on any atom is -0.396 e. The van der Waals surface area contributed by atoms with E-state index >= 15 is 0 Å². The van der Waals surface area contributed by atoms with E-state index in [2.05, 4.69) is 9.82 Å². The molecule has 1 heterocycles. The van der Waals surface area contributed by atoms with Crippen molar-refractivity contribution in [1.29, 1.82) is 0 Å². The van der Waals surface area contributed by atoms with Gasteiger partial charge in [-0.05, 0) is 46.5 Å². The summed E-state index contributed by atoms with van der Waals surface area (Å²) in [5, 5.41) is 13.1. The van der Waals surface area contributed by atoms with Gasteiger partial charge in [-0.15, -0.1) is 0 Å². The first kappa shape index (κ1) is 15.5. The van der Waals surface area contributed by atoms with Crippen LogP contribution in [0, 0.1) is 13.8 Å². The minimum absolute atomic E-state index is 0.0662. The van der Waals surface area contributed by atoms with Crippen LogP contribution in [0.3, 0.4) is 0 Å². The van der Waals surface area contributed by atoms with Gasteiger partial charge in [0.05, 0.1) is 11.4 Å². The number of aliphatic hydroxyl groups excluding tert-OH is 1. The second kappa shape index (κ2) is 5.46. The molecule has 0 aromatic carbocycles. The van der Waals surface area contributed by atoms with Crippen molar-refractivity contribution in [2.45, 2.75) is 63.4 Å². The van der Waals surface area contributed by atoms with Crippen molar-refractivity contribution in [3.05, 3.63) is 11.4 Å². The normalized spacial score (nSPS) is 18.0. The number of hydrogen-bond donors (Lipinski definition) is 2. The first-order chi connectivity index (χ1) is 9.29. The number of sulfonamides is 1. The molecule has 2 rings (SSSR count). The molecule has 0 spiro atoms. The fourth-order valence-electron chi connectivity index (χ4n) is 2.69. The predicted octanol–water partition coefficient (Wildman–Crippen LogP) is 1.10. The largest absolute Gasteiger partial charge is 0.396 e. The summed E-state index contributed by atoms with van der Waals surface area (Å²) in [6.45, 7) is 6.00. The molecule has 1 aromatic rings. The first-order valence-corrected chi connectivity index (χ1v) is 8.46. The Labute approximate surface area is 120 Å². The van der Waals surface area contributed by atoms with E-state index in [4.69, 9.17) is 5.11 Å². The highest BCUT2D eigenvalue weighted by molar-refractivity contribution is 7.89. The molecule has 0 atom stereocenters. The van der Waals surface area contributed by atoms with Crippen LogP contribution in [0.4, 0.5) is 0 Å². The summed E-state index contributed by atoms with van der Waals surface area (Å²) >= 11 is 0. The lowest BCUT2D eigenvalue weighted by molar-refractivity contribution is 0.248. The van der Waals surface area contributed by atoms with Crippen molar-refractivity contribution < 1.29 is 13.5 Å². The molecule has 1 aliphatic carbocycles. The second-order valence-corrected chi connectivity index (χ2v) is 7.44. The Morgan fingerprint density at radius 3 is 2.55 bits per heavy atom. The van der Waals surface area contributed by atoms with E-state index in [0.29, 0.717) is 24.4 Å². The summed E-state index contributed by atoms with van der Waals surface area (Å²) < 4.78 is 29.6. The molecular weight excluding hydrogens is 278 g/mol. The molecule has 1 aliphatic rings. The molecule has 1 aromatic heterocycles. The fourth-order valence-corrected chi connectivity index (χ4v) is 4.57. The third-order valence-electron chi connectivity index (χ3n) is 3.95. The van der Waals surface area contributed by atoms with E-state index in [-0.39, 0.29) is 17.0 Å². The van der Waals surface area contributed by atoms with E-state index < -0.39 is 10.0 Å². The van der Waals surface area contributed by atoms with Gasteiger partial charge in [-0.2, -0.15) is 5.10 Å². The van der Waals surface area contributed by atoms with Gasteiger partial charge in [-0.1, -0.05) is 0 Å². The Balaban J connectivity index is 2.29. The van der Waals surface area contributed by atoms with Gasteiger partial charge in [-0.3, -0.25) is 4.68 Å². The van der Waals surface area contributed by atoms with Gasteiger partial charge in [0.2, 0.25) is 10.0 Å². The zero-order valence-electron chi connectivity index (χ0n) is 12.3. The van der Waals surface area contributed by atoms with Gasteiger partial charge in [0, 0.05) is 18.7 Å². The number of hydrogen-bond acceptors (Lipinski definition) is 4. The van der Waals surface area contributed by atoms with Gasteiger partial charge in [0.15, 0.2) is 0 Å². The van der Waals surface area contributed by atoms with E-state index in [0.717, 1.165) is 19.3 Å². The highest BCUT2D eigenvalue weighted by Gasteiger charge is 2.38. The van der Waals surface area contributed by atoms with Gasteiger partial charge in [0.25, 0.3) is 0 Å². The van der Waals surface area contributed by atoms with Crippen LogP contribution in [0.25, 0.3) is 0 Å². The maximum atomic E-state index is 12.6. The average molecular weight is 301 g/mol. The summed E-state index contributed by atoms with van der Waals surface area (Å²) in [5.41, 5.74) is 0.826. The summed E-state index contributed by atoms with van der Waals surface area (Å²) in [5.74, 6) is 0. The van der Waals surface area contributed by atoms with Crippen LogP contribution < -0.4 is 4.72 Å². The zero-order chi connectivity index (χ0) is 15.0. The van der Waals surface area contributed by atoms with Gasteiger partial charge < -0.3 is 5.11 Å². The van der Waals surface area contributed by atoms with E-state index in [1.807, 2.05) is 6.92 Å². The van der Waals surface area contributed by atoms with E-state index in [1.54, 1.807) is 18.5 Å². The standard InChI is InChI=1S/C13H23N3O3S/c1-10-12(11(2)16(14-10)8-5-9-17)20(18,19)15-13(3)6-4-7-13/h15,17H,4-9H2,1-3H3. The topological polar surface area (TPSA) is 84.2 Å². The smallest absolute Gasteiger partial charge is 0.244 e. The minimum atomic E-state index is -3.54. The number of aromatic nitrogens is 2. The molecule has 0 radical (unpaired) electrons. The highest BCUT2D eigenvalue weighted by atomic mass is 32.2. The lowest BCUT2D eigenvalue weighted by atomic mass is 9.80. The molecule has 6 nitrogen and oxygen atoms in total. The van der Waals surface area contributed by atoms with Gasteiger partial charge >= 0.3 is 0 Å². The van der Waals surface area contributed by atoms with Crippen molar-refractivity contribution in [3.63, 3.8) is 0 Å². The highest BCUT2D eigenvalue weighted by Crippen LogP contribution is 2.33. The van der Waals surface area contributed by atoms with Gasteiger partial charge in [0.1, 0.15) is 4.90 Å². The van der Waals surface area contributed by atoms with Gasteiger partial charge in [-0.25, -0.2) is 13.1 Å². The number of aryl methyl sites for hydroxylation is 2. The monoisotopic (exact) mass is 301 g/mol. The molecule has 2 N–H and O–H groups in total. The van der Waals surface area contributed by atoms with Crippen molar-refractivity contribution in [2.24, 2.45) is 0 Å². The summed E-state index contributed by atoms with van der Waals surface area (Å²) in [6, 6.07) is 0. The molecular formula is C13H23N3O3S. The maximum Gasteiger partial charge on any atom is 0.244 e. The SMILES string of the molecule is Cc1nn(CCCO)c(C)c1S(=O)(=O)NC1(C)CCC1. The Morgan fingerprint density at radius 1 is 1.40 bits per heavy atom. The quantitative estimate of drug-likeness (QED) is 0.824. The van der Waals surface area contributed by atoms with Crippen molar-refractivity contribution in [2.75, 3.05) is 6.61 Å². The number of aliphatic hydroxyl groups is 1. The lowest BCUT2D eigenvalue weighted by Gasteiger charge is -2.38. The lowest BCUT2D eigenvalue weighted by Crippen LogP contribution is -2.50. The second-order valence-electron chi connectivity index (χ2n) is 5.82. The number of nitrogens with one attached hydrogen (secondary N) is 1. The first-order valence-electron chi connectivity index (χ1n) is 6.98. The number of nitrogens with zero attached hydrogens (tertiary/aromatic N) is 2. The van der Waals surface area contributed by atoms with Crippen LogP contribution in [-0.2, 0) is 16.6 Å². The van der Waals surface area contributed by atoms with Crippen LogP contribution in [0.5, 0.6) is 0 Å². The molecule has 20 heavy (non-hydrogen) atoms. The van der Waals surface area contributed by atoms with Crippen LogP contribution in [0.1, 0.15) is 44.0 Å². The maximum absolute atomic E-state index is 12.6. The Bertz CT molecular complexity index is 588. The molecule has 7 heteroatoms. The Morgan fingerprint density at radius 2 is 2.05 bits per heavy atom. The molecule has 1 saturated carbocycles. The van der Waals surface area contributed by atoms with Crippen LogP contribution >= 0.6 is 0 Å². The summed E-state index contributed by atoms with van der Waals surface area (Å²) in [4.78, 5) is 0.281. The Hall–Kier alpha value is -0.920. The third kappa shape index (κ3) is 2.89. The van der Waals surface area contributed by atoms with Crippen molar-refractivity contribution in [1.82, 2.24) is 14.5 Å². The van der Waals surface area contributed by atoms with Crippen LogP contribution in [0.15, 0.2) is 4.90 Å². The van der Waals surface area contributed by atoms with Crippen LogP contribution in [-0.4, -0.2) is 35.5 Å². The zero-order valence-corrected chi connectivity index (χ0v) is 13.1. The van der Waals surface area contributed by atoms with Crippen molar-refractivity contribution in [3.8, 4) is 0 Å². The molecule has 0 amide bonds. The molecule has 0 saturated heterocycles. The molecule has 1 fully saturated rings. The third-order valence-corrected chi connectivity index (χ3v) is 5.84. The number of rotatable bonds is 6. The van der Waals surface area contributed by atoms with Crippen molar-refractivity contribution >= 4 is 10.0 Å².